The molecule has 0 amide bonds. The predicted octanol–water partition coefficient (Wildman–Crippen LogP) is 3.32. The summed E-state index contributed by atoms with van der Waals surface area (Å²) in [5, 5.41) is 3.34. The van der Waals surface area contributed by atoms with Crippen molar-refractivity contribution in [1.82, 2.24) is 5.32 Å². The fourth-order valence-corrected chi connectivity index (χ4v) is 3.04. The van der Waals surface area contributed by atoms with Gasteiger partial charge in [-0.1, -0.05) is 32.0 Å². The van der Waals surface area contributed by atoms with Gasteiger partial charge in [-0.2, -0.15) is 0 Å². The topological polar surface area (TPSA) is 12.0 Å². The van der Waals surface area contributed by atoms with Crippen LogP contribution in [0.1, 0.15) is 38.2 Å². The van der Waals surface area contributed by atoms with Crippen LogP contribution in [0.5, 0.6) is 0 Å². The minimum Gasteiger partial charge on any atom is -0.316 e. The molecule has 1 saturated carbocycles. The number of hydrogen-bond donors (Lipinski definition) is 1. The first kappa shape index (κ1) is 11.6. The largest absolute Gasteiger partial charge is 0.316 e. The van der Waals surface area contributed by atoms with E-state index in [2.05, 4.69) is 19.2 Å². The minimum atomic E-state index is -0.0540. The van der Waals surface area contributed by atoms with Crippen molar-refractivity contribution >= 4 is 0 Å². The molecule has 0 aromatic heterocycles. The Morgan fingerprint density at radius 1 is 1.44 bits per heavy atom. The second-order valence-corrected chi connectivity index (χ2v) is 5.01. The molecule has 0 aliphatic heterocycles. The van der Waals surface area contributed by atoms with Crippen molar-refractivity contribution in [3.63, 3.8) is 0 Å². The maximum absolute atomic E-state index is 13.8. The van der Waals surface area contributed by atoms with Crippen LogP contribution in [0.2, 0.25) is 0 Å². The van der Waals surface area contributed by atoms with Gasteiger partial charge in [-0.25, -0.2) is 4.39 Å². The molecule has 16 heavy (non-hydrogen) atoms. The lowest BCUT2D eigenvalue weighted by Crippen LogP contribution is -2.55. The average Bonchev–Trinajstić information content (AvgIpc) is 2.29. The summed E-state index contributed by atoms with van der Waals surface area (Å²) < 4.78 is 13.8. The van der Waals surface area contributed by atoms with Crippen LogP contribution in [0.3, 0.4) is 0 Å². The van der Waals surface area contributed by atoms with E-state index < -0.39 is 0 Å². The van der Waals surface area contributed by atoms with Gasteiger partial charge in [0.1, 0.15) is 5.82 Å². The Balaban J connectivity index is 2.28. The summed E-state index contributed by atoms with van der Waals surface area (Å²) in [5.41, 5.74) is 1.08. The fraction of sp³-hybridized carbons (Fsp3) is 0.571. The molecule has 3 atom stereocenters. The summed E-state index contributed by atoms with van der Waals surface area (Å²) in [6, 6.07) is 7.71. The molecule has 1 aromatic carbocycles. The van der Waals surface area contributed by atoms with Gasteiger partial charge < -0.3 is 5.32 Å². The van der Waals surface area contributed by atoms with Crippen molar-refractivity contribution in [1.29, 1.82) is 0 Å². The highest BCUT2D eigenvalue weighted by molar-refractivity contribution is 5.29. The summed E-state index contributed by atoms with van der Waals surface area (Å²) in [4.78, 5) is 0. The van der Waals surface area contributed by atoms with Gasteiger partial charge in [0.15, 0.2) is 0 Å². The summed E-state index contributed by atoms with van der Waals surface area (Å²) in [6.45, 7) is 4.45. The third kappa shape index (κ3) is 1.56. The van der Waals surface area contributed by atoms with Crippen LogP contribution >= 0.6 is 0 Å². The molecule has 0 heterocycles. The first-order chi connectivity index (χ1) is 7.63. The third-order valence-corrected chi connectivity index (χ3v) is 4.45. The second-order valence-electron chi connectivity index (χ2n) is 5.01. The standard InChI is InChI=1S/C14H20FN/c1-4-14(2)11(9-13(14)16-3)10-7-5-6-8-12(10)15/h5-8,11,13,16H,4,9H2,1-3H3. The van der Waals surface area contributed by atoms with E-state index in [-0.39, 0.29) is 11.2 Å². The van der Waals surface area contributed by atoms with Crippen molar-refractivity contribution in [3.8, 4) is 0 Å². The third-order valence-electron chi connectivity index (χ3n) is 4.45. The van der Waals surface area contributed by atoms with E-state index in [1.54, 1.807) is 12.1 Å². The highest BCUT2D eigenvalue weighted by Crippen LogP contribution is 2.55. The van der Waals surface area contributed by atoms with Crippen LogP contribution in [0.15, 0.2) is 24.3 Å². The summed E-state index contributed by atoms with van der Waals surface area (Å²) >= 11 is 0. The maximum atomic E-state index is 13.8. The summed E-state index contributed by atoms with van der Waals surface area (Å²) in [6.07, 6.45) is 2.12. The van der Waals surface area contributed by atoms with Gasteiger partial charge in [0.2, 0.25) is 0 Å². The highest BCUT2D eigenvalue weighted by Gasteiger charge is 2.50. The van der Waals surface area contributed by atoms with Gasteiger partial charge in [0.25, 0.3) is 0 Å². The number of halogens is 1. The van der Waals surface area contributed by atoms with Crippen LogP contribution < -0.4 is 5.32 Å². The molecular formula is C14H20FN. The lowest BCUT2D eigenvalue weighted by molar-refractivity contribution is 0.0474. The molecule has 2 rings (SSSR count). The van der Waals surface area contributed by atoms with E-state index in [0.717, 1.165) is 18.4 Å². The Bertz CT molecular complexity index is 377. The first-order valence-electron chi connectivity index (χ1n) is 6.05. The van der Waals surface area contributed by atoms with Crippen LogP contribution in [0.25, 0.3) is 0 Å². The Labute approximate surface area is 97.1 Å². The number of rotatable bonds is 3. The fourth-order valence-electron chi connectivity index (χ4n) is 3.04. The van der Waals surface area contributed by atoms with Crippen molar-refractivity contribution < 1.29 is 4.39 Å². The van der Waals surface area contributed by atoms with Gasteiger partial charge in [-0.15, -0.1) is 0 Å². The van der Waals surface area contributed by atoms with Crippen LogP contribution in [-0.2, 0) is 0 Å². The highest BCUT2D eigenvalue weighted by atomic mass is 19.1. The Hall–Kier alpha value is -0.890. The smallest absolute Gasteiger partial charge is 0.126 e. The molecule has 88 valence electrons. The van der Waals surface area contributed by atoms with Crippen LogP contribution in [-0.4, -0.2) is 13.1 Å². The van der Waals surface area contributed by atoms with E-state index in [4.69, 9.17) is 0 Å². The normalized spacial score (nSPS) is 33.5. The molecule has 1 aromatic rings. The van der Waals surface area contributed by atoms with E-state index in [0.29, 0.717) is 12.0 Å². The maximum Gasteiger partial charge on any atom is 0.126 e. The molecule has 0 spiro atoms. The van der Waals surface area contributed by atoms with Crippen LogP contribution in [0, 0.1) is 11.2 Å². The molecule has 0 saturated heterocycles. The first-order valence-corrected chi connectivity index (χ1v) is 6.05. The Morgan fingerprint density at radius 2 is 2.12 bits per heavy atom. The zero-order chi connectivity index (χ0) is 11.8. The van der Waals surface area contributed by atoms with Crippen molar-refractivity contribution in [2.24, 2.45) is 5.41 Å². The van der Waals surface area contributed by atoms with E-state index in [1.807, 2.05) is 19.2 Å². The summed E-state index contributed by atoms with van der Waals surface area (Å²) in [5.74, 6) is 0.304. The number of nitrogens with one attached hydrogen (secondary N) is 1. The molecule has 0 bridgehead atoms. The van der Waals surface area contributed by atoms with Crippen LogP contribution in [0.4, 0.5) is 4.39 Å². The predicted molar refractivity (Wildman–Crippen MR) is 65.0 cm³/mol. The van der Waals surface area contributed by atoms with Gasteiger partial charge in [0, 0.05) is 6.04 Å². The second kappa shape index (κ2) is 4.17. The lowest BCUT2D eigenvalue weighted by atomic mass is 9.54. The average molecular weight is 221 g/mol. The zero-order valence-electron chi connectivity index (χ0n) is 10.3. The zero-order valence-corrected chi connectivity index (χ0v) is 10.3. The molecular weight excluding hydrogens is 201 g/mol. The summed E-state index contributed by atoms with van der Waals surface area (Å²) in [7, 11) is 2.00. The molecule has 1 aliphatic carbocycles. The number of hydrogen-bond acceptors (Lipinski definition) is 1. The van der Waals surface area contributed by atoms with E-state index in [9.17, 15) is 4.39 Å². The van der Waals surface area contributed by atoms with Crippen molar-refractivity contribution in [3.05, 3.63) is 35.6 Å². The van der Waals surface area contributed by atoms with Crippen molar-refractivity contribution in [2.45, 2.75) is 38.6 Å². The SMILES string of the molecule is CCC1(C)C(NC)CC1c1ccccc1F. The van der Waals surface area contributed by atoms with E-state index in [1.165, 1.54) is 0 Å². The minimum absolute atomic E-state index is 0.0540. The monoisotopic (exact) mass is 221 g/mol. The Morgan fingerprint density at radius 3 is 2.69 bits per heavy atom. The van der Waals surface area contributed by atoms with Crippen molar-refractivity contribution in [2.75, 3.05) is 7.05 Å². The number of benzene rings is 1. The van der Waals surface area contributed by atoms with E-state index >= 15 is 0 Å². The quantitative estimate of drug-likeness (QED) is 0.825. The molecule has 1 aliphatic rings. The van der Waals surface area contributed by atoms with Gasteiger partial charge in [-0.05, 0) is 42.9 Å². The molecule has 0 radical (unpaired) electrons. The Kier molecular flexibility index (Phi) is 3.02. The molecule has 1 nitrogen and oxygen atoms in total. The van der Waals surface area contributed by atoms with Gasteiger partial charge in [-0.3, -0.25) is 0 Å². The van der Waals surface area contributed by atoms with Gasteiger partial charge in [0.05, 0.1) is 0 Å². The molecule has 1 fully saturated rings. The lowest BCUT2D eigenvalue weighted by Gasteiger charge is -2.54. The molecule has 3 unspecified atom stereocenters. The van der Waals surface area contributed by atoms with Gasteiger partial charge >= 0.3 is 0 Å². The molecule has 1 N–H and O–H groups in total. The molecule has 2 heteroatoms.